The lowest BCUT2D eigenvalue weighted by atomic mass is 10.3. The van der Waals surface area contributed by atoms with E-state index < -0.39 is 0 Å². The van der Waals surface area contributed by atoms with E-state index in [4.69, 9.17) is 22.4 Å². The third kappa shape index (κ3) is 1.93. The highest BCUT2D eigenvalue weighted by Crippen LogP contribution is 2.18. The first-order valence-electron chi connectivity index (χ1n) is 3.29. The summed E-state index contributed by atoms with van der Waals surface area (Å²) in [7, 11) is 0. The normalized spacial score (nSPS) is 10.8. The van der Waals surface area contributed by atoms with E-state index in [0.29, 0.717) is 11.4 Å². The molecule has 0 bridgehead atoms. The molecule has 0 atom stereocenters. The number of nitrogens with zero attached hydrogens (tertiary/aromatic N) is 2. The van der Waals surface area contributed by atoms with Crippen molar-refractivity contribution in [3.63, 3.8) is 0 Å². The van der Waals surface area contributed by atoms with Gasteiger partial charge in [0.25, 0.3) is 0 Å². The van der Waals surface area contributed by atoms with Crippen molar-refractivity contribution in [2.24, 2.45) is 0 Å². The number of nitrogens with two attached hydrogens (primary N) is 1. The highest BCUT2D eigenvalue weighted by atomic mass is 35.5. The molecule has 0 amide bonds. The number of halogens is 1. The van der Waals surface area contributed by atoms with Crippen LogP contribution in [-0.2, 0) is 0 Å². The summed E-state index contributed by atoms with van der Waals surface area (Å²) in [5, 5.41) is 8.78. The standard InChI is InChI=1S/C7H8ClN3O/c8-6-5(2-1-3-12)7(9)11-4-10-6/h1-2,4,12H,3H2,(H2,9,10,11). The van der Waals surface area contributed by atoms with Crippen LogP contribution < -0.4 is 5.73 Å². The Labute approximate surface area is 74.7 Å². The minimum Gasteiger partial charge on any atom is -0.392 e. The van der Waals surface area contributed by atoms with E-state index in [0.717, 1.165) is 0 Å². The molecule has 0 radical (unpaired) electrons. The number of hydrogen-bond acceptors (Lipinski definition) is 4. The Bertz CT molecular complexity index is 280. The van der Waals surface area contributed by atoms with Crippen LogP contribution in [0.15, 0.2) is 12.4 Å². The maximum Gasteiger partial charge on any atom is 0.141 e. The monoisotopic (exact) mass is 185 g/mol. The average Bonchev–Trinajstić information content (AvgIpc) is 2.04. The molecule has 1 aromatic heterocycles. The number of hydrogen-bond donors (Lipinski definition) is 2. The molecule has 12 heavy (non-hydrogen) atoms. The third-order valence-corrected chi connectivity index (χ3v) is 1.56. The van der Waals surface area contributed by atoms with E-state index in [1.165, 1.54) is 12.4 Å². The molecule has 0 aliphatic carbocycles. The molecule has 0 aliphatic heterocycles. The lowest BCUT2D eigenvalue weighted by Crippen LogP contribution is -1.95. The van der Waals surface area contributed by atoms with Crippen LogP contribution in [0.25, 0.3) is 6.08 Å². The summed E-state index contributed by atoms with van der Waals surface area (Å²) < 4.78 is 0. The van der Waals surface area contributed by atoms with E-state index in [1.54, 1.807) is 6.08 Å². The average molecular weight is 186 g/mol. The summed E-state index contributed by atoms with van der Waals surface area (Å²) in [6, 6.07) is 0. The molecule has 4 nitrogen and oxygen atoms in total. The zero-order valence-electron chi connectivity index (χ0n) is 6.24. The first kappa shape index (κ1) is 8.96. The van der Waals surface area contributed by atoms with Crippen LogP contribution in [0.4, 0.5) is 5.82 Å². The van der Waals surface area contributed by atoms with Gasteiger partial charge in [0.15, 0.2) is 0 Å². The van der Waals surface area contributed by atoms with Gasteiger partial charge < -0.3 is 10.8 Å². The number of nitrogen functional groups attached to an aromatic ring is 1. The summed E-state index contributed by atoms with van der Waals surface area (Å²) >= 11 is 5.70. The second-order valence-electron chi connectivity index (χ2n) is 2.05. The maximum absolute atomic E-state index is 8.50. The van der Waals surface area contributed by atoms with Gasteiger partial charge in [-0.25, -0.2) is 9.97 Å². The Morgan fingerprint density at radius 3 is 2.92 bits per heavy atom. The molecule has 0 saturated heterocycles. The molecule has 0 aliphatic rings. The summed E-state index contributed by atoms with van der Waals surface area (Å²) in [6.45, 7) is -0.0648. The lowest BCUT2D eigenvalue weighted by Gasteiger charge is -1.99. The molecule has 0 saturated carbocycles. The molecule has 64 valence electrons. The fourth-order valence-electron chi connectivity index (χ4n) is 0.711. The zero-order chi connectivity index (χ0) is 8.97. The van der Waals surface area contributed by atoms with Gasteiger partial charge in [-0.05, 0) is 6.08 Å². The molecule has 1 heterocycles. The molecule has 0 aromatic carbocycles. The molecular formula is C7H8ClN3O. The van der Waals surface area contributed by atoms with Crippen molar-refractivity contribution in [2.45, 2.75) is 0 Å². The zero-order valence-corrected chi connectivity index (χ0v) is 6.99. The van der Waals surface area contributed by atoms with Gasteiger partial charge in [0.1, 0.15) is 17.3 Å². The number of aromatic nitrogens is 2. The maximum atomic E-state index is 8.50. The fraction of sp³-hybridized carbons (Fsp3) is 0.143. The van der Waals surface area contributed by atoms with E-state index in [-0.39, 0.29) is 11.8 Å². The topological polar surface area (TPSA) is 72.0 Å². The minimum atomic E-state index is -0.0648. The van der Waals surface area contributed by atoms with Crippen molar-refractivity contribution in [1.82, 2.24) is 9.97 Å². The Balaban J connectivity index is 3.04. The van der Waals surface area contributed by atoms with Crippen LogP contribution in [0, 0.1) is 0 Å². The molecule has 0 unspecified atom stereocenters. The van der Waals surface area contributed by atoms with Gasteiger partial charge >= 0.3 is 0 Å². The van der Waals surface area contributed by atoms with E-state index in [1.807, 2.05) is 0 Å². The third-order valence-electron chi connectivity index (χ3n) is 1.26. The van der Waals surface area contributed by atoms with Crippen LogP contribution in [0.1, 0.15) is 5.56 Å². The summed E-state index contributed by atoms with van der Waals surface area (Å²) in [6.07, 6.45) is 4.38. The highest BCUT2D eigenvalue weighted by Gasteiger charge is 2.01. The van der Waals surface area contributed by atoms with Gasteiger partial charge in [0.2, 0.25) is 0 Å². The van der Waals surface area contributed by atoms with Gasteiger partial charge in [0, 0.05) is 0 Å². The number of anilines is 1. The summed E-state index contributed by atoms with van der Waals surface area (Å²) in [4.78, 5) is 7.48. The van der Waals surface area contributed by atoms with Crippen molar-refractivity contribution in [2.75, 3.05) is 12.3 Å². The fourth-order valence-corrected chi connectivity index (χ4v) is 0.915. The predicted molar refractivity (Wildman–Crippen MR) is 47.6 cm³/mol. The van der Waals surface area contributed by atoms with E-state index in [2.05, 4.69) is 9.97 Å². The minimum absolute atomic E-state index is 0.0648. The van der Waals surface area contributed by atoms with Crippen LogP contribution >= 0.6 is 11.6 Å². The van der Waals surface area contributed by atoms with Gasteiger partial charge in [0.05, 0.1) is 12.2 Å². The summed E-state index contributed by atoms with van der Waals surface area (Å²) in [5.41, 5.74) is 6.03. The lowest BCUT2D eigenvalue weighted by molar-refractivity contribution is 0.343. The number of aliphatic hydroxyl groups is 1. The van der Waals surface area contributed by atoms with E-state index >= 15 is 0 Å². The second kappa shape index (κ2) is 4.04. The number of rotatable bonds is 2. The van der Waals surface area contributed by atoms with Gasteiger partial charge in [-0.1, -0.05) is 17.7 Å². The van der Waals surface area contributed by atoms with Gasteiger partial charge in [-0.2, -0.15) is 0 Å². The Morgan fingerprint density at radius 2 is 2.33 bits per heavy atom. The van der Waals surface area contributed by atoms with Crippen LogP contribution in [0.2, 0.25) is 5.15 Å². The molecule has 3 N–H and O–H groups in total. The molecule has 0 spiro atoms. The first-order valence-corrected chi connectivity index (χ1v) is 3.67. The van der Waals surface area contributed by atoms with Crippen molar-refractivity contribution >= 4 is 23.5 Å². The Morgan fingerprint density at radius 1 is 1.58 bits per heavy atom. The van der Waals surface area contributed by atoms with Crippen molar-refractivity contribution in [3.05, 3.63) is 23.1 Å². The molecule has 1 rings (SSSR count). The van der Waals surface area contributed by atoms with Crippen LogP contribution in [0.5, 0.6) is 0 Å². The van der Waals surface area contributed by atoms with E-state index in [9.17, 15) is 0 Å². The Kier molecular flexibility index (Phi) is 3.01. The molecule has 5 heteroatoms. The SMILES string of the molecule is Nc1ncnc(Cl)c1C=CCO. The summed E-state index contributed by atoms with van der Waals surface area (Å²) in [5.74, 6) is 0.305. The second-order valence-corrected chi connectivity index (χ2v) is 2.41. The van der Waals surface area contributed by atoms with Crippen molar-refractivity contribution in [3.8, 4) is 0 Å². The van der Waals surface area contributed by atoms with Crippen molar-refractivity contribution < 1.29 is 5.11 Å². The van der Waals surface area contributed by atoms with Crippen LogP contribution in [0.3, 0.4) is 0 Å². The van der Waals surface area contributed by atoms with Gasteiger partial charge in [-0.3, -0.25) is 0 Å². The molecule has 0 fully saturated rings. The number of aliphatic hydroxyl groups excluding tert-OH is 1. The van der Waals surface area contributed by atoms with Gasteiger partial charge in [-0.15, -0.1) is 0 Å². The quantitative estimate of drug-likeness (QED) is 0.666. The van der Waals surface area contributed by atoms with Crippen molar-refractivity contribution in [1.29, 1.82) is 0 Å². The predicted octanol–water partition coefficient (Wildman–Crippen LogP) is 0.718. The smallest absolute Gasteiger partial charge is 0.141 e. The molecule has 1 aromatic rings. The highest BCUT2D eigenvalue weighted by molar-refractivity contribution is 6.31. The first-order chi connectivity index (χ1) is 5.75. The largest absolute Gasteiger partial charge is 0.392 e. The Hall–Kier alpha value is -1.13. The molecular weight excluding hydrogens is 178 g/mol. The van der Waals surface area contributed by atoms with Crippen LogP contribution in [-0.4, -0.2) is 21.7 Å².